The second kappa shape index (κ2) is 9.35. The van der Waals surface area contributed by atoms with Crippen molar-refractivity contribution in [3.05, 3.63) is 54.1 Å². The summed E-state index contributed by atoms with van der Waals surface area (Å²) in [4.78, 5) is 26.0. The third-order valence-electron chi connectivity index (χ3n) is 5.91. The highest BCUT2D eigenvalue weighted by molar-refractivity contribution is 5.95. The van der Waals surface area contributed by atoms with E-state index in [0.29, 0.717) is 5.88 Å². The summed E-state index contributed by atoms with van der Waals surface area (Å²) >= 11 is 0. The molecule has 2 aromatic heterocycles. The number of hydrogen-bond acceptors (Lipinski definition) is 7. The summed E-state index contributed by atoms with van der Waals surface area (Å²) in [6.07, 6.45) is 3.33. The van der Waals surface area contributed by atoms with Crippen molar-refractivity contribution in [2.75, 3.05) is 43.5 Å². The number of aryl methyl sites for hydroxylation is 1. The number of anilines is 2. The standard InChI is InChI=1S/C23H29N7O2/c1-16-22(17(2)30(27-16)19-8-6-5-7-9-19)26-23(31)18(3)28-10-12-29(13-11-28)20-14-24-15-21(25-20)32-4/h5-9,14-15,18H,10-13H2,1-4H3,(H,26,31). The molecular formula is C23H29N7O2. The second-order valence-electron chi connectivity index (χ2n) is 7.90. The Balaban J connectivity index is 1.39. The molecule has 0 bridgehead atoms. The molecule has 3 heterocycles. The van der Waals surface area contributed by atoms with Crippen LogP contribution in [0.15, 0.2) is 42.7 Å². The molecule has 1 saturated heterocycles. The van der Waals surface area contributed by atoms with Gasteiger partial charge in [0, 0.05) is 26.2 Å². The number of para-hydroxylation sites is 1. The first-order valence-corrected chi connectivity index (χ1v) is 10.8. The molecule has 3 aromatic rings. The third-order valence-corrected chi connectivity index (χ3v) is 5.91. The van der Waals surface area contributed by atoms with Crippen molar-refractivity contribution in [3.8, 4) is 11.6 Å². The van der Waals surface area contributed by atoms with Crippen LogP contribution in [0.4, 0.5) is 11.5 Å². The number of aromatic nitrogens is 4. The molecule has 1 aliphatic heterocycles. The van der Waals surface area contributed by atoms with Gasteiger partial charge in [0.05, 0.1) is 48.3 Å². The summed E-state index contributed by atoms with van der Waals surface area (Å²) in [5.41, 5.74) is 3.46. The van der Waals surface area contributed by atoms with Gasteiger partial charge in [-0.3, -0.25) is 14.7 Å². The Morgan fingerprint density at radius 2 is 1.81 bits per heavy atom. The van der Waals surface area contributed by atoms with Crippen LogP contribution < -0.4 is 15.0 Å². The summed E-state index contributed by atoms with van der Waals surface area (Å²) in [6.45, 7) is 8.89. The van der Waals surface area contributed by atoms with Crippen LogP contribution in [0.3, 0.4) is 0 Å². The topological polar surface area (TPSA) is 88.4 Å². The molecule has 168 valence electrons. The number of ether oxygens (including phenoxy) is 1. The molecule has 0 aliphatic carbocycles. The van der Waals surface area contributed by atoms with Gasteiger partial charge >= 0.3 is 0 Å². The predicted molar refractivity (Wildman–Crippen MR) is 123 cm³/mol. The van der Waals surface area contributed by atoms with E-state index in [2.05, 4.69) is 30.2 Å². The molecule has 1 aromatic carbocycles. The van der Waals surface area contributed by atoms with Gasteiger partial charge in [-0.1, -0.05) is 18.2 Å². The Labute approximate surface area is 188 Å². The van der Waals surface area contributed by atoms with Crippen molar-refractivity contribution in [1.82, 2.24) is 24.6 Å². The Morgan fingerprint density at radius 1 is 1.09 bits per heavy atom. The van der Waals surface area contributed by atoms with Crippen molar-refractivity contribution >= 4 is 17.4 Å². The Bertz CT molecular complexity index is 1080. The van der Waals surface area contributed by atoms with Crippen LogP contribution in [0.1, 0.15) is 18.3 Å². The first kappa shape index (κ1) is 21.8. The molecule has 9 nitrogen and oxygen atoms in total. The fourth-order valence-electron chi connectivity index (χ4n) is 3.97. The number of carbonyl (C=O) groups is 1. The zero-order chi connectivity index (χ0) is 22.7. The number of nitrogens with zero attached hydrogens (tertiary/aromatic N) is 6. The largest absolute Gasteiger partial charge is 0.480 e. The molecule has 1 aliphatic rings. The highest BCUT2D eigenvalue weighted by Crippen LogP contribution is 2.24. The summed E-state index contributed by atoms with van der Waals surface area (Å²) in [7, 11) is 1.58. The Kier molecular flexibility index (Phi) is 6.36. The zero-order valence-electron chi connectivity index (χ0n) is 18.9. The molecule has 32 heavy (non-hydrogen) atoms. The molecule has 1 unspecified atom stereocenters. The minimum absolute atomic E-state index is 0.0292. The van der Waals surface area contributed by atoms with Gasteiger partial charge in [-0.2, -0.15) is 10.1 Å². The summed E-state index contributed by atoms with van der Waals surface area (Å²) in [6, 6.07) is 9.67. The van der Waals surface area contributed by atoms with Gasteiger partial charge < -0.3 is 15.0 Å². The maximum absolute atomic E-state index is 13.1. The van der Waals surface area contributed by atoms with Gasteiger partial charge in [0.1, 0.15) is 0 Å². The summed E-state index contributed by atoms with van der Waals surface area (Å²) < 4.78 is 7.04. The lowest BCUT2D eigenvalue weighted by atomic mass is 10.2. The number of piperazine rings is 1. The molecule has 0 spiro atoms. The molecule has 1 atom stereocenters. The number of nitrogens with one attached hydrogen (secondary N) is 1. The third kappa shape index (κ3) is 4.43. The molecule has 4 rings (SSSR count). The quantitative estimate of drug-likeness (QED) is 0.636. The molecule has 1 fully saturated rings. The first-order chi connectivity index (χ1) is 15.5. The Morgan fingerprint density at radius 3 is 2.50 bits per heavy atom. The zero-order valence-corrected chi connectivity index (χ0v) is 18.9. The minimum Gasteiger partial charge on any atom is -0.480 e. The lowest BCUT2D eigenvalue weighted by Gasteiger charge is -2.37. The lowest BCUT2D eigenvalue weighted by molar-refractivity contribution is -0.120. The monoisotopic (exact) mass is 435 g/mol. The van der Waals surface area contributed by atoms with Gasteiger partial charge in [0.25, 0.3) is 0 Å². The van der Waals surface area contributed by atoms with E-state index in [9.17, 15) is 4.79 Å². The first-order valence-electron chi connectivity index (χ1n) is 10.8. The molecular weight excluding hydrogens is 406 g/mol. The van der Waals surface area contributed by atoms with Crippen molar-refractivity contribution in [2.45, 2.75) is 26.8 Å². The Hall–Kier alpha value is -3.46. The number of amides is 1. The van der Waals surface area contributed by atoms with E-state index in [4.69, 9.17) is 4.74 Å². The van der Waals surface area contributed by atoms with Crippen molar-refractivity contribution in [1.29, 1.82) is 0 Å². The molecule has 0 radical (unpaired) electrons. The lowest BCUT2D eigenvalue weighted by Crippen LogP contribution is -2.53. The van der Waals surface area contributed by atoms with Gasteiger partial charge in [-0.15, -0.1) is 0 Å². The number of methoxy groups -OCH3 is 1. The van der Waals surface area contributed by atoms with Crippen molar-refractivity contribution in [3.63, 3.8) is 0 Å². The van der Waals surface area contributed by atoms with E-state index in [1.807, 2.05) is 55.8 Å². The maximum atomic E-state index is 13.1. The van der Waals surface area contributed by atoms with Gasteiger partial charge in [0.15, 0.2) is 5.82 Å². The highest BCUT2D eigenvalue weighted by Gasteiger charge is 2.27. The van der Waals surface area contributed by atoms with Crippen LogP contribution in [-0.2, 0) is 4.79 Å². The molecule has 1 amide bonds. The van der Waals surface area contributed by atoms with Crippen LogP contribution in [0, 0.1) is 13.8 Å². The average molecular weight is 436 g/mol. The number of rotatable bonds is 6. The van der Waals surface area contributed by atoms with Gasteiger partial charge in [-0.25, -0.2) is 4.68 Å². The SMILES string of the molecule is COc1cncc(N2CCN(C(C)C(=O)Nc3c(C)nn(-c4ccccc4)c3C)CC2)n1. The fourth-order valence-corrected chi connectivity index (χ4v) is 3.97. The predicted octanol–water partition coefficient (Wildman–Crippen LogP) is 2.44. The van der Waals surface area contributed by atoms with Crippen LogP contribution >= 0.6 is 0 Å². The van der Waals surface area contributed by atoms with Gasteiger partial charge in [-0.05, 0) is 32.9 Å². The summed E-state index contributed by atoms with van der Waals surface area (Å²) in [5, 5.41) is 7.73. The minimum atomic E-state index is -0.257. The number of hydrogen-bond donors (Lipinski definition) is 1. The van der Waals surface area contributed by atoms with Crippen molar-refractivity contribution in [2.24, 2.45) is 0 Å². The van der Waals surface area contributed by atoms with Crippen LogP contribution in [0.2, 0.25) is 0 Å². The van der Waals surface area contributed by atoms with E-state index in [0.717, 1.165) is 54.8 Å². The smallest absolute Gasteiger partial charge is 0.241 e. The van der Waals surface area contributed by atoms with Gasteiger partial charge in [0.2, 0.25) is 11.8 Å². The second-order valence-corrected chi connectivity index (χ2v) is 7.90. The number of benzene rings is 1. The molecule has 9 heteroatoms. The maximum Gasteiger partial charge on any atom is 0.241 e. The van der Waals surface area contributed by atoms with E-state index in [1.54, 1.807) is 19.5 Å². The normalized spacial score (nSPS) is 15.4. The van der Waals surface area contributed by atoms with Crippen molar-refractivity contribution < 1.29 is 9.53 Å². The van der Waals surface area contributed by atoms with E-state index < -0.39 is 0 Å². The van der Waals surface area contributed by atoms with Crippen LogP contribution in [-0.4, -0.2) is 69.9 Å². The number of carbonyl (C=O) groups excluding carboxylic acids is 1. The highest BCUT2D eigenvalue weighted by atomic mass is 16.5. The van der Waals surface area contributed by atoms with E-state index >= 15 is 0 Å². The fraction of sp³-hybridized carbons (Fsp3) is 0.391. The van der Waals surface area contributed by atoms with E-state index in [1.165, 1.54) is 0 Å². The average Bonchev–Trinajstić information content (AvgIpc) is 3.12. The summed E-state index contributed by atoms with van der Waals surface area (Å²) in [5.74, 6) is 1.26. The molecule has 0 saturated carbocycles. The van der Waals surface area contributed by atoms with Crippen LogP contribution in [0.25, 0.3) is 5.69 Å². The molecule has 1 N–H and O–H groups in total. The van der Waals surface area contributed by atoms with E-state index in [-0.39, 0.29) is 11.9 Å². The van der Waals surface area contributed by atoms with Crippen LogP contribution in [0.5, 0.6) is 5.88 Å².